The average molecular weight is 268 g/mol. The van der Waals surface area contributed by atoms with Crippen LogP contribution in [0.3, 0.4) is 0 Å². The van der Waals surface area contributed by atoms with E-state index in [1.807, 2.05) is 0 Å². The Morgan fingerprint density at radius 3 is 1.12 bits per heavy atom. The van der Waals surface area contributed by atoms with Crippen LogP contribution in [-0.2, 0) is 12.4 Å². The van der Waals surface area contributed by atoms with Crippen molar-refractivity contribution in [2.75, 3.05) is 0 Å². The molecule has 0 aliphatic heterocycles. The summed E-state index contributed by atoms with van der Waals surface area (Å²) >= 11 is 0. The Kier molecular flexibility index (Phi) is 3.06. The molecule has 0 amide bonds. The number of halogens is 9. The van der Waals surface area contributed by atoms with Crippen LogP contribution in [0.1, 0.15) is 11.1 Å². The van der Waals surface area contributed by atoms with Gasteiger partial charge in [0.25, 0.3) is 0 Å². The predicted molar refractivity (Wildman–Crippen MR) is 36.3 cm³/mol. The molecule has 1 aromatic carbocycles. The van der Waals surface area contributed by atoms with Crippen molar-refractivity contribution in [1.82, 2.24) is 0 Å². The summed E-state index contributed by atoms with van der Waals surface area (Å²) in [5.41, 5.74) is -5.02. The third-order valence-corrected chi connectivity index (χ3v) is 1.76. The fourth-order valence-electron chi connectivity index (χ4n) is 1.02. The molecule has 1 aromatic rings. The highest BCUT2D eigenvalue weighted by molar-refractivity contribution is 5.31. The molecule has 1 rings (SSSR count). The Morgan fingerprint density at radius 1 is 0.588 bits per heavy atom. The van der Waals surface area contributed by atoms with Crippen molar-refractivity contribution >= 4 is 0 Å². The monoisotopic (exact) mass is 268 g/mol. The second kappa shape index (κ2) is 3.81. The average Bonchev–Trinajstić information content (AvgIpc) is 2.10. The van der Waals surface area contributed by atoms with E-state index in [4.69, 9.17) is 0 Å². The first-order valence-electron chi connectivity index (χ1n) is 3.78. The molecule has 0 N–H and O–H groups in total. The highest BCUT2D eigenvalue weighted by atomic mass is 19.4. The highest BCUT2D eigenvalue weighted by Crippen LogP contribution is 2.39. The number of hydrogen-bond donors (Lipinski definition) is 0. The van der Waals surface area contributed by atoms with Gasteiger partial charge in [-0.05, 0) is 6.07 Å². The van der Waals surface area contributed by atoms with Crippen molar-refractivity contribution in [2.24, 2.45) is 0 Å². The summed E-state index contributed by atoms with van der Waals surface area (Å²) < 4.78 is 110. The zero-order valence-corrected chi connectivity index (χ0v) is 7.48. The molecular formula is C8HF9. The Balaban J connectivity index is 3.63. The van der Waals surface area contributed by atoms with Crippen LogP contribution < -0.4 is 0 Å². The van der Waals surface area contributed by atoms with E-state index in [9.17, 15) is 39.5 Å². The van der Waals surface area contributed by atoms with Gasteiger partial charge in [-0.15, -0.1) is 0 Å². The Hall–Kier alpha value is -1.41. The zero-order valence-electron chi connectivity index (χ0n) is 7.48. The SMILES string of the molecule is Fc1c(C(F)(F)F)cc(C(F)(F)F)c(F)c1F. The normalized spacial score (nSPS) is 13.0. The molecule has 0 bridgehead atoms. The summed E-state index contributed by atoms with van der Waals surface area (Å²) in [6, 6.07) is -0.812. The van der Waals surface area contributed by atoms with Gasteiger partial charge in [-0.25, -0.2) is 13.2 Å². The molecule has 0 fully saturated rings. The molecule has 0 aromatic heterocycles. The first kappa shape index (κ1) is 13.7. The molecule has 0 saturated carbocycles. The summed E-state index contributed by atoms with van der Waals surface area (Å²) in [6.07, 6.45) is -11.1. The maximum absolute atomic E-state index is 12.6. The lowest BCUT2D eigenvalue weighted by Crippen LogP contribution is -2.17. The van der Waals surface area contributed by atoms with Gasteiger partial charge in [-0.2, -0.15) is 26.3 Å². The predicted octanol–water partition coefficient (Wildman–Crippen LogP) is 4.14. The minimum atomic E-state index is -5.56. The molecule has 0 spiro atoms. The van der Waals surface area contributed by atoms with Gasteiger partial charge in [0.2, 0.25) is 0 Å². The summed E-state index contributed by atoms with van der Waals surface area (Å²) in [7, 11) is 0. The van der Waals surface area contributed by atoms with Crippen molar-refractivity contribution in [1.29, 1.82) is 0 Å². The van der Waals surface area contributed by atoms with Crippen molar-refractivity contribution in [3.8, 4) is 0 Å². The molecule has 96 valence electrons. The van der Waals surface area contributed by atoms with Crippen LogP contribution in [0.15, 0.2) is 6.07 Å². The first-order chi connectivity index (χ1) is 7.46. The minimum absolute atomic E-state index is 0.812. The van der Waals surface area contributed by atoms with E-state index in [1.54, 1.807) is 0 Å². The molecule has 0 nitrogen and oxygen atoms in total. The largest absolute Gasteiger partial charge is 0.419 e. The fraction of sp³-hybridized carbons (Fsp3) is 0.250. The lowest BCUT2D eigenvalue weighted by atomic mass is 10.1. The molecule has 0 atom stereocenters. The number of benzene rings is 1. The maximum Gasteiger partial charge on any atom is 0.419 e. The van der Waals surface area contributed by atoms with Gasteiger partial charge < -0.3 is 0 Å². The van der Waals surface area contributed by atoms with Gasteiger partial charge in [-0.1, -0.05) is 0 Å². The quantitative estimate of drug-likeness (QED) is 0.490. The van der Waals surface area contributed by atoms with Crippen LogP contribution in [0.25, 0.3) is 0 Å². The summed E-state index contributed by atoms with van der Waals surface area (Å²) in [6.45, 7) is 0. The van der Waals surface area contributed by atoms with Gasteiger partial charge >= 0.3 is 12.4 Å². The van der Waals surface area contributed by atoms with Crippen LogP contribution in [-0.4, -0.2) is 0 Å². The van der Waals surface area contributed by atoms with Crippen LogP contribution in [0.4, 0.5) is 39.5 Å². The van der Waals surface area contributed by atoms with Crippen molar-refractivity contribution in [2.45, 2.75) is 12.4 Å². The molecule has 0 unspecified atom stereocenters. The van der Waals surface area contributed by atoms with E-state index < -0.39 is 47.0 Å². The van der Waals surface area contributed by atoms with E-state index in [0.29, 0.717) is 0 Å². The standard InChI is InChI=1S/C8HF9/c9-4-2(7(12,13)14)1-3(8(15,16)17)5(10)6(4)11/h1H. The summed E-state index contributed by atoms with van der Waals surface area (Å²) in [5, 5.41) is 0. The van der Waals surface area contributed by atoms with Crippen LogP contribution in [0.2, 0.25) is 0 Å². The van der Waals surface area contributed by atoms with Gasteiger partial charge in [0.05, 0.1) is 11.1 Å². The summed E-state index contributed by atoms with van der Waals surface area (Å²) in [4.78, 5) is 0. The lowest BCUT2D eigenvalue weighted by Gasteiger charge is -2.13. The second-order valence-corrected chi connectivity index (χ2v) is 2.91. The molecule has 0 saturated heterocycles. The first-order valence-corrected chi connectivity index (χ1v) is 3.78. The van der Waals surface area contributed by atoms with Crippen LogP contribution in [0, 0.1) is 17.5 Å². The zero-order chi connectivity index (χ0) is 13.6. The van der Waals surface area contributed by atoms with E-state index in [0.717, 1.165) is 0 Å². The second-order valence-electron chi connectivity index (χ2n) is 2.91. The third-order valence-electron chi connectivity index (χ3n) is 1.76. The van der Waals surface area contributed by atoms with Crippen molar-refractivity contribution in [3.05, 3.63) is 34.6 Å². The van der Waals surface area contributed by atoms with Crippen molar-refractivity contribution in [3.63, 3.8) is 0 Å². The smallest absolute Gasteiger partial charge is 0.203 e. The molecule has 17 heavy (non-hydrogen) atoms. The third kappa shape index (κ3) is 2.47. The molecule has 0 aliphatic rings. The van der Waals surface area contributed by atoms with E-state index >= 15 is 0 Å². The Morgan fingerprint density at radius 2 is 0.882 bits per heavy atom. The highest BCUT2D eigenvalue weighted by Gasteiger charge is 2.43. The van der Waals surface area contributed by atoms with E-state index in [-0.39, 0.29) is 0 Å². The van der Waals surface area contributed by atoms with Gasteiger partial charge in [-0.3, -0.25) is 0 Å². The van der Waals surface area contributed by atoms with E-state index in [2.05, 4.69) is 0 Å². The van der Waals surface area contributed by atoms with Crippen LogP contribution >= 0.6 is 0 Å². The molecule has 9 heteroatoms. The minimum Gasteiger partial charge on any atom is -0.203 e. The maximum atomic E-state index is 12.6. The molecule has 0 heterocycles. The Labute approximate surface area is 87.7 Å². The van der Waals surface area contributed by atoms with Crippen molar-refractivity contribution < 1.29 is 39.5 Å². The molecular weight excluding hydrogens is 267 g/mol. The topological polar surface area (TPSA) is 0 Å². The Bertz CT molecular complexity index is 402. The van der Waals surface area contributed by atoms with Gasteiger partial charge in [0.15, 0.2) is 17.5 Å². The number of rotatable bonds is 0. The number of alkyl halides is 6. The summed E-state index contributed by atoms with van der Waals surface area (Å²) in [5.74, 6) is -8.22. The molecule has 0 aliphatic carbocycles. The van der Waals surface area contributed by atoms with Crippen LogP contribution in [0.5, 0.6) is 0 Å². The van der Waals surface area contributed by atoms with Gasteiger partial charge in [0, 0.05) is 0 Å². The lowest BCUT2D eigenvalue weighted by molar-refractivity contribution is -0.146. The van der Waals surface area contributed by atoms with Gasteiger partial charge in [0.1, 0.15) is 0 Å². The fourth-order valence-corrected chi connectivity index (χ4v) is 1.02. The van der Waals surface area contributed by atoms with E-state index in [1.165, 1.54) is 0 Å². The number of hydrogen-bond acceptors (Lipinski definition) is 0. The molecule has 0 radical (unpaired) electrons.